The fraction of sp³-hybridized carbons (Fsp3) is 0.333. The lowest BCUT2D eigenvalue weighted by atomic mass is 10.0. The molecule has 2 N–H and O–H groups in total. The molecule has 1 aromatic carbocycles. The van der Waals surface area contributed by atoms with Gasteiger partial charge in [-0.15, -0.1) is 0 Å². The van der Waals surface area contributed by atoms with Gasteiger partial charge in [-0.2, -0.15) is 0 Å². The van der Waals surface area contributed by atoms with Crippen LogP contribution in [-0.4, -0.2) is 25.5 Å². The third kappa shape index (κ3) is 2.65. The summed E-state index contributed by atoms with van der Waals surface area (Å²) in [5.74, 6) is -1.07. The maximum absolute atomic E-state index is 13.7. The van der Waals surface area contributed by atoms with Gasteiger partial charge >= 0.3 is 0 Å². The first-order valence-electron chi connectivity index (χ1n) is 5.51. The Morgan fingerprint density at radius 2 is 2.28 bits per heavy atom. The highest BCUT2D eigenvalue weighted by molar-refractivity contribution is 5.96. The third-order valence-electron chi connectivity index (χ3n) is 2.64. The number of benzene rings is 1. The molecule has 1 heterocycles. The first kappa shape index (κ1) is 12.5. The predicted molar refractivity (Wildman–Crippen MR) is 63.9 cm³/mol. The summed E-state index contributed by atoms with van der Waals surface area (Å²) in [5, 5.41) is 5.03. The summed E-state index contributed by atoms with van der Waals surface area (Å²) in [6.45, 7) is -0.150. The van der Waals surface area contributed by atoms with Crippen LogP contribution in [0.1, 0.15) is 12.0 Å². The van der Waals surface area contributed by atoms with Gasteiger partial charge in [-0.3, -0.25) is 9.59 Å². The van der Waals surface area contributed by atoms with E-state index >= 15 is 0 Å². The molecule has 0 saturated heterocycles. The van der Waals surface area contributed by atoms with Crippen molar-refractivity contribution in [3.63, 3.8) is 0 Å². The van der Waals surface area contributed by atoms with Crippen LogP contribution in [0.3, 0.4) is 0 Å². The number of carbonyl (C=O) groups excluding carboxylic acids is 2. The lowest BCUT2D eigenvalue weighted by molar-refractivity contribution is -0.119. The van der Waals surface area contributed by atoms with E-state index in [0.717, 1.165) is 5.56 Å². The largest absolute Gasteiger partial charge is 0.375 e. The van der Waals surface area contributed by atoms with E-state index in [-0.39, 0.29) is 18.2 Å². The molecule has 0 saturated carbocycles. The molecule has 96 valence electrons. The number of methoxy groups -OCH3 is 1. The van der Waals surface area contributed by atoms with Crippen molar-refractivity contribution in [2.24, 2.45) is 0 Å². The maximum Gasteiger partial charge on any atom is 0.250 e. The lowest BCUT2D eigenvalue weighted by Crippen LogP contribution is -2.21. The summed E-state index contributed by atoms with van der Waals surface area (Å²) in [5.41, 5.74) is 1.32. The van der Waals surface area contributed by atoms with Gasteiger partial charge < -0.3 is 15.4 Å². The molecule has 0 aliphatic carbocycles. The van der Waals surface area contributed by atoms with E-state index in [1.165, 1.54) is 19.2 Å². The normalized spacial score (nSPS) is 13.8. The second-order valence-corrected chi connectivity index (χ2v) is 4.02. The monoisotopic (exact) mass is 252 g/mol. The summed E-state index contributed by atoms with van der Waals surface area (Å²) in [4.78, 5) is 22.5. The molecule has 1 aliphatic heterocycles. The second-order valence-electron chi connectivity index (χ2n) is 4.02. The molecule has 0 aromatic heterocycles. The molecule has 1 aliphatic rings. The zero-order chi connectivity index (χ0) is 13.1. The number of hydrogen-bond donors (Lipinski definition) is 2. The highest BCUT2D eigenvalue weighted by Crippen LogP contribution is 2.28. The van der Waals surface area contributed by atoms with E-state index in [4.69, 9.17) is 0 Å². The molecule has 5 nitrogen and oxygen atoms in total. The Bertz CT molecular complexity index is 502. The standard InChI is InChI=1S/C12H13FN2O3/c1-18-6-12(17)15-10-5-9-7(4-8(10)13)2-3-11(16)14-9/h4-5H,2-3,6H2,1H3,(H,14,16)(H,15,17). The van der Waals surface area contributed by atoms with Crippen LogP contribution in [0.4, 0.5) is 15.8 Å². The number of hydrogen-bond acceptors (Lipinski definition) is 3. The number of carbonyl (C=O) groups is 2. The van der Waals surface area contributed by atoms with Crippen molar-refractivity contribution in [1.82, 2.24) is 0 Å². The molecule has 1 aromatic rings. The number of rotatable bonds is 3. The van der Waals surface area contributed by atoms with E-state index in [1.807, 2.05) is 0 Å². The maximum atomic E-state index is 13.7. The van der Waals surface area contributed by atoms with E-state index in [9.17, 15) is 14.0 Å². The van der Waals surface area contributed by atoms with Crippen LogP contribution in [0.2, 0.25) is 0 Å². The molecule has 0 spiro atoms. The number of amides is 2. The molecular weight excluding hydrogens is 239 g/mol. The highest BCUT2D eigenvalue weighted by atomic mass is 19.1. The molecule has 6 heteroatoms. The topological polar surface area (TPSA) is 67.4 Å². The first-order valence-corrected chi connectivity index (χ1v) is 5.51. The van der Waals surface area contributed by atoms with Gasteiger partial charge in [0, 0.05) is 19.2 Å². The number of ether oxygens (including phenoxy) is 1. The van der Waals surface area contributed by atoms with E-state index in [1.54, 1.807) is 0 Å². The zero-order valence-corrected chi connectivity index (χ0v) is 9.88. The summed E-state index contributed by atoms with van der Waals surface area (Å²) < 4.78 is 18.3. The van der Waals surface area contributed by atoms with Crippen LogP contribution in [0.15, 0.2) is 12.1 Å². The average Bonchev–Trinajstić information content (AvgIpc) is 2.31. The summed E-state index contributed by atoms with van der Waals surface area (Å²) in [6, 6.07) is 2.76. The van der Waals surface area contributed by atoms with Crippen LogP contribution in [0.5, 0.6) is 0 Å². The minimum absolute atomic E-state index is 0.0398. The Hall–Kier alpha value is -1.95. The molecular formula is C12H13FN2O3. The first-order chi connectivity index (χ1) is 8.60. The van der Waals surface area contributed by atoms with Crippen molar-refractivity contribution < 1.29 is 18.7 Å². The smallest absolute Gasteiger partial charge is 0.250 e. The summed E-state index contributed by atoms with van der Waals surface area (Å²) in [6.07, 6.45) is 0.853. The fourth-order valence-electron chi connectivity index (χ4n) is 1.81. The minimum Gasteiger partial charge on any atom is -0.375 e. The number of nitrogens with one attached hydrogen (secondary N) is 2. The summed E-state index contributed by atoms with van der Waals surface area (Å²) in [7, 11) is 1.38. The van der Waals surface area contributed by atoms with Gasteiger partial charge in [-0.05, 0) is 24.1 Å². The highest BCUT2D eigenvalue weighted by Gasteiger charge is 2.18. The van der Waals surface area contributed by atoms with Gasteiger partial charge in [-0.25, -0.2) is 4.39 Å². The van der Waals surface area contributed by atoms with Crippen molar-refractivity contribution in [3.05, 3.63) is 23.5 Å². The predicted octanol–water partition coefficient (Wildman–Crippen LogP) is 1.30. The Morgan fingerprint density at radius 1 is 1.50 bits per heavy atom. The SMILES string of the molecule is COCC(=O)Nc1cc2c(cc1F)CCC(=O)N2. The molecule has 0 fully saturated rings. The molecule has 2 rings (SSSR count). The van der Waals surface area contributed by atoms with Crippen LogP contribution in [0, 0.1) is 5.82 Å². The van der Waals surface area contributed by atoms with Gasteiger partial charge in [0.05, 0.1) is 5.69 Å². The molecule has 2 amide bonds. The van der Waals surface area contributed by atoms with Crippen molar-refractivity contribution in [2.75, 3.05) is 24.4 Å². The molecule has 0 radical (unpaired) electrons. The van der Waals surface area contributed by atoms with Gasteiger partial charge in [0.15, 0.2) is 0 Å². The Morgan fingerprint density at radius 3 is 3.00 bits per heavy atom. The van der Waals surface area contributed by atoms with Crippen LogP contribution < -0.4 is 10.6 Å². The van der Waals surface area contributed by atoms with E-state index in [2.05, 4.69) is 15.4 Å². The van der Waals surface area contributed by atoms with Gasteiger partial charge in [0.1, 0.15) is 12.4 Å². The van der Waals surface area contributed by atoms with E-state index < -0.39 is 11.7 Å². The van der Waals surface area contributed by atoms with Crippen LogP contribution in [0.25, 0.3) is 0 Å². The van der Waals surface area contributed by atoms with Gasteiger partial charge in [0.25, 0.3) is 0 Å². The van der Waals surface area contributed by atoms with Crippen molar-refractivity contribution in [3.8, 4) is 0 Å². The average molecular weight is 252 g/mol. The number of fused-ring (bicyclic) bond motifs is 1. The Balaban J connectivity index is 2.24. The summed E-state index contributed by atoms with van der Waals surface area (Å²) >= 11 is 0. The van der Waals surface area contributed by atoms with Crippen molar-refractivity contribution in [2.45, 2.75) is 12.8 Å². The number of aryl methyl sites for hydroxylation is 1. The number of halogens is 1. The van der Waals surface area contributed by atoms with Crippen molar-refractivity contribution >= 4 is 23.2 Å². The van der Waals surface area contributed by atoms with Crippen LogP contribution in [-0.2, 0) is 20.7 Å². The Kier molecular flexibility index (Phi) is 3.57. The second kappa shape index (κ2) is 5.14. The van der Waals surface area contributed by atoms with Gasteiger partial charge in [-0.1, -0.05) is 0 Å². The van der Waals surface area contributed by atoms with E-state index in [0.29, 0.717) is 18.5 Å². The molecule has 18 heavy (non-hydrogen) atoms. The zero-order valence-electron chi connectivity index (χ0n) is 9.88. The van der Waals surface area contributed by atoms with Crippen molar-refractivity contribution in [1.29, 1.82) is 0 Å². The van der Waals surface area contributed by atoms with Crippen LogP contribution >= 0.6 is 0 Å². The minimum atomic E-state index is -0.519. The Labute approximate surface area is 103 Å². The lowest BCUT2D eigenvalue weighted by Gasteiger charge is -2.18. The molecule has 0 atom stereocenters. The fourth-order valence-corrected chi connectivity index (χ4v) is 1.81. The van der Waals surface area contributed by atoms with Gasteiger partial charge in [0.2, 0.25) is 11.8 Å². The quantitative estimate of drug-likeness (QED) is 0.852. The third-order valence-corrected chi connectivity index (χ3v) is 2.64. The molecule has 0 bridgehead atoms. The number of anilines is 2. The molecule has 0 unspecified atom stereocenters.